The molecule has 1 aromatic carbocycles. The number of Topliss-reactive ketones (excluding diaryl/α,β-unsaturated/α-hetero) is 1. The van der Waals surface area contributed by atoms with Gasteiger partial charge in [-0.05, 0) is 31.2 Å². The summed E-state index contributed by atoms with van der Waals surface area (Å²) in [4.78, 5) is 14.9. The molecule has 0 spiro atoms. The molecule has 0 saturated heterocycles. The van der Waals surface area contributed by atoms with Crippen LogP contribution in [0.1, 0.15) is 12.8 Å². The predicted octanol–water partition coefficient (Wildman–Crippen LogP) is 1.57. The number of aromatic hydroxyl groups is 1. The Morgan fingerprint density at radius 1 is 1.38 bits per heavy atom. The summed E-state index contributed by atoms with van der Waals surface area (Å²) in [6.45, 7) is 1.46. The summed E-state index contributed by atoms with van der Waals surface area (Å²) in [5.41, 5.74) is 0.733. The highest BCUT2D eigenvalue weighted by atomic mass is 16.5. The number of carbonyl (C=O) groups is 1. The molecule has 0 amide bonds. The zero-order valence-corrected chi connectivity index (χ0v) is 8.67. The van der Waals surface area contributed by atoms with Crippen molar-refractivity contribution in [3.63, 3.8) is 0 Å². The van der Waals surface area contributed by atoms with Crippen LogP contribution in [0.3, 0.4) is 0 Å². The molecule has 0 fully saturated rings. The van der Waals surface area contributed by atoms with E-state index in [-0.39, 0.29) is 18.0 Å². The van der Waals surface area contributed by atoms with Crippen molar-refractivity contribution < 1.29 is 14.4 Å². The topological polar surface area (TPSA) is 76.2 Å². The fourth-order valence-corrected chi connectivity index (χ4v) is 1.27. The summed E-state index contributed by atoms with van der Waals surface area (Å²) in [5, 5.41) is 12.9. The number of benzene rings is 1. The molecular weight excluding hydrogens is 208 g/mol. The van der Waals surface area contributed by atoms with Crippen LogP contribution in [0.25, 0.3) is 11.4 Å². The molecule has 0 radical (unpaired) electrons. The van der Waals surface area contributed by atoms with Crippen LogP contribution < -0.4 is 0 Å². The molecule has 5 nitrogen and oxygen atoms in total. The van der Waals surface area contributed by atoms with Gasteiger partial charge >= 0.3 is 0 Å². The molecule has 0 aliphatic rings. The molecule has 0 aliphatic carbocycles. The predicted molar refractivity (Wildman–Crippen MR) is 55.8 cm³/mol. The molecule has 0 bridgehead atoms. The molecule has 2 aromatic rings. The summed E-state index contributed by atoms with van der Waals surface area (Å²) in [5.74, 6) is 0.865. The van der Waals surface area contributed by atoms with Crippen molar-refractivity contribution in [3.05, 3.63) is 30.2 Å². The second-order valence-electron chi connectivity index (χ2n) is 3.44. The Morgan fingerprint density at radius 3 is 2.69 bits per heavy atom. The van der Waals surface area contributed by atoms with Crippen LogP contribution in [0.4, 0.5) is 0 Å². The molecule has 82 valence electrons. The molecule has 1 heterocycles. The van der Waals surface area contributed by atoms with Gasteiger partial charge in [-0.1, -0.05) is 5.16 Å². The smallest absolute Gasteiger partial charge is 0.234 e. The maximum Gasteiger partial charge on any atom is 0.234 e. The molecular formula is C11H10N2O3. The van der Waals surface area contributed by atoms with E-state index in [1.165, 1.54) is 19.1 Å². The van der Waals surface area contributed by atoms with Gasteiger partial charge in [0.2, 0.25) is 11.7 Å². The Labute approximate surface area is 91.7 Å². The van der Waals surface area contributed by atoms with Crippen molar-refractivity contribution in [2.45, 2.75) is 13.3 Å². The Bertz CT molecular complexity index is 502. The fourth-order valence-electron chi connectivity index (χ4n) is 1.27. The average Bonchev–Trinajstić information content (AvgIpc) is 2.66. The van der Waals surface area contributed by atoms with E-state index >= 15 is 0 Å². The van der Waals surface area contributed by atoms with Gasteiger partial charge in [0.05, 0.1) is 6.42 Å². The van der Waals surface area contributed by atoms with Crippen molar-refractivity contribution in [3.8, 4) is 17.1 Å². The Kier molecular flexibility index (Phi) is 2.68. The first-order chi connectivity index (χ1) is 7.65. The summed E-state index contributed by atoms with van der Waals surface area (Å²) in [7, 11) is 0. The van der Waals surface area contributed by atoms with Crippen molar-refractivity contribution in [1.82, 2.24) is 10.1 Å². The van der Waals surface area contributed by atoms with E-state index < -0.39 is 0 Å². The van der Waals surface area contributed by atoms with Crippen LogP contribution in [0.2, 0.25) is 0 Å². The monoisotopic (exact) mass is 218 g/mol. The lowest BCUT2D eigenvalue weighted by atomic mass is 10.2. The van der Waals surface area contributed by atoms with Crippen LogP contribution >= 0.6 is 0 Å². The third-order valence-corrected chi connectivity index (χ3v) is 1.99. The second-order valence-corrected chi connectivity index (χ2v) is 3.44. The molecule has 5 heteroatoms. The van der Waals surface area contributed by atoms with E-state index in [1.807, 2.05) is 0 Å². The largest absolute Gasteiger partial charge is 0.508 e. The number of carbonyl (C=O) groups excluding carboxylic acids is 1. The number of aromatic nitrogens is 2. The maximum absolute atomic E-state index is 10.8. The van der Waals surface area contributed by atoms with Gasteiger partial charge in [-0.25, -0.2) is 0 Å². The van der Waals surface area contributed by atoms with E-state index in [2.05, 4.69) is 10.1 Å². The number of nitrogens with zero attached hydrogens (tertiary/aromatic N) is 2. The Hall–Kier alpha value is -2.17. The summed E-state index contributed by atoms with van der Waals surface area (Å²) in [6, 6.07) is 6.43. The number of phenols is 1. The average molecular weight is 218 g/mol. The lowest BCUT2D eigenvalue weighted by molar-refractivity contribution is -0.116. The molecule has 0 saturated carbocycles. The number of phenolic OH excluding ortho intramolecular Hbond substituents is 1. The SMILES string of the molecule is CC(=O)Cc1nc(-c2ccc(O)cc2)no1. The number of ketones is 1. The summed E-state index contributed by atoms with van der Waals surface area (Å²) >= 11 is 0. The molecule has 0 atom stereocenters. The first-order valence-corrected chi connectivity index (χ1v) is 4.76. The summed E-state index contributed by atoms with van der Waals surface area (Å²) < 4.78 is 4.92. The van der Waals surface area contributed by atoms with E-state index in [9.17, 15) is 4.79 Å². The zero-order chi connectivity index (χ0) is 11.5. The van der Waals surface area contributed by atoms with Crippen LogP contribution in [-0.4, -0.2) is 21.0 Å². The molecule has 1 aromatic heterocycles. The van der Waals surface area contributed by atoms with E-state index in [1.54, 1.807) is 12.1 Å². The van der Waals surface area contributed by atoms with Crippen molar-refractivity contribution >= 4 is 5.78 Å². The standard InChI is InChI=1S/C11H10N2O3/c1-7(14)6-10-12-11(13-16-10)8-2-4-9(15)5-3-8/h2-5,15H,6H2,1H3. The van der Waals surface area contributed by atoms with Crippen molar-refractivity contribution in [2.75, 3.05) is 0 Å². The molecule has 1 N–H and O–H groups in total. The minimum Gasteiger partial charge on any atom is -0.508 e. The lowest BCUT2D eigenvalue weighted by Gasteiger charge is -1.93. The van der Waals surface area contributed by atoms with Gasteiger partial charge in [0.25, 0.3) is 0 Å². The van der Waals surface area contributed by atoms with Crippen molar-refractivity contribution in [2.24, 2.45) is 0 Å². The van der Waals surface area contributed by atoms with Gasteiger partial charge in [0.15, 0.2) is 0 Å². The zero-order valence-electron chi connectivity index (χ0n) is 8.67. The van der Waals surface area contributed by atoms with E-state index in [0.29, 0.717) is 11.7 Å². The van der Waals surface area contributed by atoms with Gasteiger partial charge in [-0.3, -0.25) is 4.79 Å². The number of hydrogen-bond donors (Lipinski definition) is 1. The lowest BCUT2D eigenvalue weighted by Crippen LogP contribution is -1.95. The number of rotatable bonds is 3. The van der Waals surface area contributed by atoms with Gasteiger partial charge in [0, 0.05) is 5.56 Å². The van der Waals surface area contributed by atoms with Gasteiger partial charge in [-0.2, -0.15) is 4.98 Å². The van der Waals surface area contributed by atoms with Crippen LogP contribution in [0.15, 0.2) is 28.8 Å². The fraction of sp³-hybridized carbons (Fsp3) is 0.182. The van der Waals surface area contributed by atoms with Gasteiger partial charge in [-0.15, -0.1) is 0 Å². The minimum atomic E-state index is -0.0269. The van der Waals surface area contributed by atoms with E-state index in [4.69, 9.17) is 9.63 Å². The highest BCUT2D eigenvalue weighted by Crippen LogP contribution is 2.18. The van der Waals surface area contributed by atoms with Crippen LogP contribution in [0.5, 0.6) is 5.75 Å². The Morgan fingerprint density at radius 2 is 2.06 bits per heavy atom. The van der Waals surface area contributed by atoms with Gasteiger partial charge < -0.3 is 9.63 Å². The van der Waals surface area contributed by atoms with Crippen molar-refractivity contribution in [1.29, 1.82) is 0 Å². The first-order valence-electron chi connectivity index (χ1n) is 4.76. The molecule has 0 aliphatic heterocycles. The molecule has 2 rings (SSSR count). The minimum absolute atomic E-state index is 0.0269. The highest BCUT2D eigenvalue weighted by molar-refractivity contribution is 5.77. The van der Waals surface area contributed by atoms with Crippen LogP contribution in [0, 0.1) is 0 Å². The summed E-state index contributed by atoms with van der Waals surface area (Å²) in [6.07, 6.45) is 0.144. The Balaban J connectivity index is 2.24. The van der Waals surface area contributed by atoms with Crippen LogP contribution in [-0.2, 0) is 11.2 Å². The third kappa shape index (κ3) is 2.25. The normalized spacial score (nSPS) is 10.3. The molecule has 16 heavy (non-hydrogen) atoms. The number of hydrogen-bond acceptors (Lipinski definition) is 5. The maximum atomic E-state index is 10.8. The van der Waals surface area contributed by atoms with Gasteiger partial charge in [0.1, 0.15) is 11.5 Å². The first kappa shape index (κ1) is 10.4. The second kappa shape index (κ2) is 4.14. The molecule has 0 unspecified atom stereocenters. The highest BCUT2D eigenvalue weighted by Gasteiger charge is 2.09. The van der Waals surface area contributed by atoms with E-state index in [0.717, 1.165) is 5.56 Å². The quantitative estimate of drug-likeness (QED) is 0.846. The third-order valence-electron chi connectivity index (χ3n) is 1.99.